The smallest absolute Gasteiger partial charge is 0.291 e. The molecule has 7 heteroatoms. The minimum Gasteiger partial charge on any atom is -0.481 e. The number of anilines is 1. The summed E-state index contributed by atoms with van der Waals surface area (Å²) >= 11 is 0. The van der Waals surface area contributed by atoms with Crippen molar-refractivity contribution in [3.8, 4) is 5.75 Å². The highest BCUT2D eigenvalue weighted by Gasteiger charge is 2.29. The summed E-state index contributed by atoms with van der Waals surface area (Å²) in [7, 11) is 2.03. The van der Waals surface area contributed by atoms with Crippen LogP contribution in [0.4, 0.5) is 5.69 Å². The second-order valence-corrected chi connectivity index (χ2v) is 7.46. The number of nitrogens with zero attached hydrogens (tertiary/aromatic N) is 2. The van der Waals surface area contributed by atoms with Crippen LogP contribution < -0.4 is 10.1 Å². The molecule has 2 aromatic carbocycles. The first kappa shape index (κ1) is 20.0. The molecule has 0 spiro atoms. The molecule has 1 fully saturated rings. The van der Waals surface area contributed by atoms with Crippen molar-refractivity contribution in [2.24, 2.45) is 0 Å². The quantitative estimate of drug-likeness (QED) is 0.703. The SMILES string of the molecule is C[C@H](Oc1ccccc1)C(=O)Nc1c(C(=O)N2CCN(C)CC2)oc2ccccc12. The van der Waals surface area contributed by atoms with Gasteiger partial charge >= 0.3 is 0 Å². The van der Waals surface area contributed by atoms with Crippen molar-refractivity contribution in [2.75, 3.05) is 38.5 Å². The molecule has 7 nitrogen and oxygen atoms in total. The first-order valence-electron chi connectivity index (χ1n) is 10.0. The van der Waals surface area contributed by atoms with Crippen LogP contribution in [0.1, 0.15) is 17.5 Å². The second kappa shape index (κ2) is 8.59. The van der Waals surface area contributed by atoms with Crippen LogP contribution in [0.5, 0.6) is 5.75 Å². The van der Waals surface area contributed by atoms with Crippen LogP contribution in [0.25, 0.3) is 11.0 Å². The van der Waals surface area contributed by atoms with E-state index in [1.54, 1.807) is 30.0 Å². The molecule has 3 aromatic rings. The third kappa shape index (κ3) is 4.16. The zero-order valence-corrected chi connectivity index (χ0v) is 17.1. The highest BCUT2D eigenvalue weighted by molar-refractivity contribution is 6.11. The Morgan fingerprint density at radius 2 is 1.67 bits per heavy atom. The molecule has 1 N–H and O–H groups in total. The van der Waals surface area contributed by atoms with Crippen LogP contribution in [0.15, 0.2) is 59.0 Å². The summed E-state index contributed by atoms with van der Waals surface area (Å²) < 4.78 is 11.6. The molecule has 1 saturated heterocycles. The predicted molar refractivity (Wildman–Crippen MR) is 115 cm³/mol. The Bertz CT molecular complexity index is 1040. The van der Waals surface area contributed by atoms with Crippen molar-refractivity contribution in [3.05, 3.63) is 60.4 Å². The Balaban J connectivity index is 1.58. The molecule has 1 aromatic heterocycles. The van der Waals surface area contributed by atoms with Gasteiger partial charge in [-0.2, -0.15) is 0 Å². The molecule has 2 amide bonds. The van der Waals surface area contributed by atoms with Gasteiger partial charge in [-0.15, -0.1) is 0 Å². The molecule has 0 aliphatic carbocycles. The number of carbonyl (C=O) groups is 2. The van der Waals surface area contributed by atoms with Crippen LogP contribution in [0.3, 0.4) is 0 Å². The van der Waals surface area contributed by atoms with Gasteiger partial charge in [0.15, 0.2) is 6.10 Å². The molecule has 156 valence electrons. The van der Waals surface area contributed by atoms with Crippen molar-refractivity contribution >= 4 is 28.5 Å². The lowest BCUT2D eigenvalue weighted by Crippen LogP contribution is -2.47. The Hall–Kier alpha value is -3.32. The molecule has 1 aliphatic rings. The summed E-state index contributed by atoms with van der Waals surface area (Å²) in [6, 6.07) is 16.5. The third-order valence-corrected chi connectivity index (χ3v) is 5.25. The molecule has 0 radical (unpaired) electrons. The zero-order valence-electron chi connectivity index (χ0n) is 17.1. The second-order valence-electron chi connectivity index (χ2n) is 7.46. The van der Waals surface area contributed by atoms with E-state index < -0.39 is 6.10 Å². The minimum atomic E-state index is -0.743. The number of nitrogens with one attached hydrogen (secondary N) is 1. The van der Waals surface area contributed by atoms with Gasteiger partial charge in [0.2, 0.25) is 5.76 Å². The van der Waals surface area contributed by atoms with Crippen molar-refractivity contribution in [2.45, 2.75) is 13.0 Å². The number of rotatable bonds is 5. The lowest BCUT2D eigenvalue weighted by atomic mass is 10.2. The average Bonchev–Trinajstić information content (AvgIpc) is 3.13. The molecule has 4 rings (SSSR count). The fourth-order valence-corrected chi connectivity index (χ4v) is 3.45. The van der Waals surface area contributed by atoms with Gasteiger partial charge in [0.25, 0.3) is 11.8 Å². The van der Waals surface area contributed by atoms with E-state index in [1.807, 2.05) is 43.4 Å². The monoisotopic (exact) mass is 407 g/mol. The van der Waals surface area contributed by atoms with Crippen LogP contribution in [-0.4, -0.2) is 60.9 Å². The molecule has 1 aliphatic heterocycles. The summed E-state index contributed by atoms with van der Waals surface area (Å²) in [5, 5.41) is 3.56. The largest absolute Gasteiger partial charge is 0.481 e. The van der Waals surface area contributed by atoms with E-state index in [2.05, 4.69) is 10.2 Å². The lowest BCUT2D eigenvalue weighted by molar-refractivity contribution is -0.122. The summed E-state index contributed by atoms with van der Waals surface area (Å²) in [5.74, 6) is 0.191. The molecule has 0 saturated carbocycles. The molecule has 0 bridgehead atoms. The normalized spacial score (nSPS) is 15.7. The molecule has 1 atom stereocenters. The zero-order chi connectivity index (χ0) is 21.1. The Labute approximate surface area is 175 Å². The number of benzene rings is 2. The highest BCUT2D eigenvalue weighted by Crippen LogP contribution is 2.32. The van der Waals surface area contributed by atoms with E-state index in [9.17, 15) is 9.59 Å². The maximum atomic E-state index is 13.2. The number of hydrogen-bond acceptors (Lipinski definition) is 5. The van der Waals surface area contributed by atoms with E-state index in [0.717, 1.165) is 13.1 Å². The van der Waals surface area contributed by atoms with E-state index in [1.165, 1.54) is 0 Å². The number of carbonyl (C=O) groups excluding carboxylic acids is 2. The number of piperazine rings is 1. The van der Waals surface area contributed by atoms with Gasteiger partial charge in [-0.25, -0.2) is 0 Å². The van der Waals surface area contributed by atoms with E-state index in [0.29, 0.717) is 35.5 Å². The highest BCUT2D eigenvalue weighted by atomic mass is 16.5. The fourth-order valence-electron chi connectivity index (χ4n) is 3.45. The topological polar surface area (TPSA) is 75.0 Å². The van der Waals surface area contributed by atoms with Crippen LogP contribution in [-0.2, 0) is 4.79 Å². The molecule has 30 heavy (non-hydrogen) atoms. The summed E-state index contributed by atoms with van der Waals surface area (Å²) in [6.07, 6.45) is -0.743. The first-order chi connectivity index (χ1) is 14.5. The Morgan fingerprint density at radius 3 is 2.40 bits per heavy atom. The van der Waals surface area contributed by atoms with E-state index >= 15 is 0 Å². The third-order valence-electron chi connectivity index (χ3n) is 5.25. The van der Waals surface area contributed by atoms with E-state index in [-0.39, 0.29) is 17.6 Å². The predicted octanol–water partition coefficient (Wildman–Crippen LogP) is 3.23. The number of fused-ring (bicyclic) bond motifs is 1. The standard InChI is InChI=1S/C23H25N3O4/c1-16(29-17-8-4-3-5-9-17)22(27)24-20-18-10-6-7-11-19(18)30-21(20)23(28)26-14-12-25(2)13-15-26/h3-11,16H,12-15H2,1-2H3,(H,24,27)/t16-/m0/s1. The average molecular weight is 407 g/mol. The fraction of sp³-hybridized carbons (Fsp3) is 0.304. The van der Waals surface area contributed by atoms with Gasteiger partial charge in [-0.05, 0) is 38.2 Å². The summed E-state index contributed by atoms with van der Waals surface area (Å²) in [4.78, 5) is 29.9. The Kier molecular flexibility index (Phi) is 5.72. The molecule has 0 unspecified atom stereocenters. The number of para-hydroxylation sites is 2. The number of amides is 2. The van der Waals surface area contributed by atoms with Gasteiger partial charge in [0.1, 0.15) is 17.0 Å². The molecule has 2 heterocycles. The number of likely N-dealkylation sites (N-methyl/N-ethyl adjacent to an activating group) is 1. The van der Waals surface area contributed by atoms with E-state index in [4.69, 9.17) is 9.15 Å². The number of hydrogen-bond donors (Lipinski definition) is 1. The van der Waals surface area contributed by atoms with Crippen molar-refractivity contribution < 1.29 is 18.7 Å². The summed E-state index contributed by atoms with van der Waals surface area (Å²) in [6.45, 7) is 4.51. The van der Waals surface area contributed by atoms with Gasteiger partial charge in [0.05, 0.1) is 0 Å². The van der Waals surface area contributed by atoms with Crippen molar-refractivity contribution in [3.63, 3.8) is 0 Å². The summed E-state index contributed by atoms with van der Waals surface area (Å²) in [5.41, 5.74) is 0.949. The van der Waals surface area contributed by atoms with Crippen LogP contribution >= 0.6 is 0 Å². The van der Waals surface area contributed by atoms with Crippen LogP contribution in [0.2, 0.25) is 0 Å². The minimum absolute atomic E-state index is 0.154. The van der Waals surface area contributed by atoms with Crippen molar-refractivity contribution in [1.29, 1.82) is 0 Å². The maximum absolute atomic E-state index is 13.2. The van der Waals surface area contributed by atoms with Gasteiger partial charge in [-0.3, -0.25) is 9.59 Å². The van der Waals surface area contributed by atoms with Crippen molar-refractivity contribution in [1.82, 2.24) is 9.80 Å². The molecular formula is C23H25N3O4. The Morgan fingerprint density at radius 1 is 1.00 bits per heavy atom. The first-order valence-corrected chi connectivity index (χ1v) is 10.0. The van der Waals surface area contributed by atoms with Gasteiger partial charge in [-0.1, -0.05) is 30.3 Å². The lowest BCUT2D eigenvalue weighted by Gasteiger charge is -2.32. The van der Waals surface area contributed by atoms with Crippen LogP contribution in [0, 0.1) is 0 Å². The number of furan rings is 1. The number of ether oxygens (including phenoxy) is 1. The van der Waals surface area contributed by atoms with Gasteiger partial charge < -0.3 is 24.3 Å². The van der Waals surface area contributed by atoms with Gasteiger partial charge in [0, 0.05) is 31.6 Å². The molecular weight excluding hydrogens is 382 g/mol. The maximum Gasteiger partial charge on any atom is 0.291 e.